The van der Waals surface area contributed by atoms with Crippen LogP contribution in [0.5, 0.6) is 5.75 Å². The summed E-state index contributed by atoms with van der Waals surface area (Å²) in [4.78, 5) is 15.7. The van der Waals surface area contributed by atoms with E-state index in [0.29, 0.717) is 19.6 Å². The zero-order valence-corrected chi connectivity index (χ0v) is 13.0. The van der Waals surface area contributed by atoms with Crippen LogP contribution in [0.15, 0.2) is 24.3 Å². The maximum Gasteiger partial charge on any atom is 0.224 e. The van der Waals surface area contributed by atoms with Crippen LogP contribution in [-0.4, -0.2) is 54.7 Å². The lowest BCUT2D eigenvalue weighted by Crippen LogP contribution is -2.24. The molecule has 1 heterocycles. The minimum Gasteiger partial charge on any atom is -0.492 e. The highest BCUT2D eigenvalue weighted by molar-refractivity contribution is 7.81. The van der Waals surface area contributed by atoms with E-state index in [1.54, 1.807) is 0 Å². The zero-order valence-electron chi connectivity index (χ0n) is 12.1. The average molecular weight is 294 g/mol. The molecule has 1 aliphatic rings. The van der Waals surface area contributed by atoms with Crippen molar-refractivity contribution in [3.63, 3.8) is 0 Å². The van der Waals surface area contributed by atoms with Gasteiger partial charge in [-0.25, -0.2) is 0 Å². The molecule has 1 aromatic rings. The van der Waals surface area contributed by atoms with Gasteiger partial charge in [-0.1, -0.05) is 12.1 Å². The third kappa shape index (κ3) is 4.42. The van der Waals surface area contributed by atoms with Crippen molar-refractivity contribution in [2.75, 3.05) is 33.8 Å². The number of carbonyl (C=O) groups is 1. The Morgan fingerprint density at radius 2 is 2.05 bits per heavy atom. The summed E-state index contributed by atoms with van der Waals surface area (Å²) in [6.45, 7) is 2.97. The second-order valence-corrected chi connectivity index (χ2v) is 6.16. The molecule has 1 saturated heterocycles. The Kier molecular flexibility index (Phi) is 5.31. The predicted octanol–water partition coefficient (Wildman–Crippen LogP) is 1.66. The molecule has 0 saturated carbocycles. The van der Waals surface area contributed by atoms with Gasteiger partial charge in [-0.05, 0) is 31.8 Å². The number of rotatable bonds is 6. The second-order valence-electron chi connectivity index (χ2n) is 5.43. The maximum atomic E-state index is 11.7. The van der Waals surface area contributed by atoms with E-state index in [1.165, 1.54) is 0 Å². The van der Waals surface area contributed by atoms with Gasteiger partial charge in [-0.3, -0.25) is 4.79 Å². The number of likely N-dealkylation sites (N-methyl/N-ethyl adjacent to an activating group) is 1. The van der Waals surface area contributed by atoms with E-state index in [2.05, 4.69) is 17.5 Å². The maximum absolute atomic E-state index is 11.7. The second kappa shape index (κ2) is 6.99. The summed E-state index contributed by atoms with van der Waals surface area (Å²) in [5.41, 5.74) is 1.13. The van der Waals surface area contributed by atoms with E-state index in [4.69, 9.17) is 4.74 Å². The van der Waals surface area contributed by atoms with E-state index in [9.17, 15) is 4.79 Å². The van der Waals surface area contributed by atoms with Crippen LogP contribution in [-0.2, 0) is 11.3 Å². The summed E-state index contributed by atoms with van der Waals surface area (Å²) in [5.74, 6) is 1.06. The van der Waals surface area contributed by atoms with Crippen molar-refractivity contribution in [1.29, 1.82) is 0 Å². The Bertz CT molecular complexity index is 448. The predicted molar refractivity (Wildman–Crippen MR) is 83.3 cm³/mol. The highest BCUT2D eigenvalue weighted by Gasteiger charge is 2.26. The number of thiol groups is 1. The van der Waals surface area contributed by atoms with Crippen LogP contribution in [0.2, 0.25) is 0 Å². The molecule has 1 aliphatic heterocycles. The highest BCUT2D eigenvalue weighted by atomic mass is 32.1. The van der Waals surface area contributed by atoms with Gasteiger partial charge in [0.05, 0.1) is 0 Å². The van der Waals surface area contributed by atoms with Gasteiger partial charge in [0.1, 0.15) is 12.4 Å². The Labute approximate surface area is 126 Å². The fourth-order valence-electron chi connectivity index (χ4n) is 2.16. The van der Waals surface area contributed by atoms with Crippen LogP contribution in [0, 0.1) is 0 Å². The number of amides is 1. The molecule has 5 heteroatoms. The van der Waals surface area contributed by atoms with E-state index in [-0.39, 0.29) is 11.2 Å². The molecule has 2 rings (SSSR count). The molecule has 20 heavy (non-hydrogen) atoms. The molecule has 1 amide bonds. The van der Waals surface area contributed by atoms with Crippen LogP contribution in [0.25, 0.3) is 0 Å². The largest absolute Gasteiger partial charge is 0.492 e. The quantitative estimate of drug-likeness (QED) is 0.810. The van der Waals surface area contributed by atoms with Gasteiger partial charge >= 0.3 is 0 Å². The lowest BCUT2D eigenvalue weighted by Gasteiger charge is -2.16. The molecule has 110 valence electrons. The number of ether oxygens (including phenoxy) is 1. The van der Waals surface area contributed by atoms with E-state index in [1.807, 2.05) is 43.3 Å². The summed E-state index contributed by atoms with van der Waals surface area (Å²) >= 11 is 4.36. The number of hydrogen-bond donors (Lipinski definition) is 1. The Balaban J connectivity index is 1.84. The standard InChI is InChI=1S/C15H22N2O2S/c1-16(2)7-8-19-13-5-3-12(4-6-13)10-17-11-14(20)9-15(17)18/h3-6,14,20H,7-11H2,1-2H3. The summed E-state index contributed by atoms with van der Waals surface area (Å²) in [6.07, 6.45) is 0.550. The first-order chi connectivity index (χ1) is 9.54. The van der Waals surface area contributed by atoms with Crippen LogP contribution in [0.3, 0.4) is 0 Å². The van der Waals surface area contributed by atoms with Crippen LogP contribution >= 0.6 is 12.6 Å². The molecule has 4 nitrogen and oxygen atoms in total. The number of benzene rings is 1. The molecule has 0 aromatic heterocycles. The molecule has 1 fully saturated rings. The van der Waals surface area contributed by atoms with Gasteiger partial charge in [0.25, 0.3) is 0 Å². The number of carbonyl (C=O) groups excluding carboxylic acids is 1. The smallest absolute Gasteiger partial charge is 0.224 e. The summed E-state index contributed by atoms with van der Waals surface area (Å²) in [6, 6.07) is 7.96. The Morgan fingerprint density at radius 1 is 1.35 bits per heavy atom. The van der Waals surface area contributed by atoms with Crippen molar-refractivity contribution >= 4 is 18.5 Å². The first kappa shape index (κ1) is 15.2. The molecule has 1 unspecified atom stereocenters. The topological polar surface area (TPSA) is 32.8 Å². The normalized spacial score (nSPS) is 18.9. The molecule has 1 atom stereocenters. The first-order valence-corrected chi connectivity index (χ1v) is 7.38. The van der Waals surface area contributed by atoms with Crippen molar-refractivity contribution in [2.45, 2.75) is 18.2 Å². The van der Waals surface area contributed by atoms with E-state index in [0.717, 1.165) is 24.4 Å². The summed E-state index contributed by atoms with van der Waals surface area (Å²) in [7, 11) is 4.04. The van der Waals surface area contributed by atoms with Crippen molar-refractivity contribution in [1.82, 2.24) is 9.80 Å². The molecule has 0 aliphatic carbocycles. The van der Waals surface area contributed by atoms with Gasteiger partial charge in [0.2, 0.25) is 5.91 Å². The van der Waals surface area contributed by atoms with Crippen molar-refractivity contribution < 1.29 is 9.53 Å². The van der Waals surface area contributed by atoms with Gasteiger partial charge in [0, 0.05) is 31.3 Å². The van der Waals surface area contributed by atoms with Crippen molar-refractivity contribution in [3.8, 4) is 5.75 Å². The average Bonchev–Trinajstić information content (AvgIpc) is 2.69. The molecule has 0 N–H and O–H groups in total. The molecule has 0 spiro atoms. The lowest BCUT2D eigenvalue weighted by atomic mass is 10.2. The third-order valence-electron chi connectivity index (χ3n) is 3.30. The fourth-order valence-corrected chi connectivity index (χ4v) is 2.52. The highest BCUT2D eigenvalue weighted by Crippen LogP contribution is 2.20. The lowest BCUT2D eigenvalue weighted by molar-refractivity contribution is -0.128. The Morgan fingerprint density at radius 3 is 2.60 bits per heavy atom. The molecular formula is C15H22N2O2S. The molecular weight excluding hydrogens is 272 g/mol. The Hall–Kier alpha value is -1.20. The molecule has 1 aromatic carbocycles. The zero-order chi connectivity index (χ0) is 14.5. The summed E-state index contributed by atoms with van der Waals surface area (Å²) in [5, 5.41) is 0.177. The number of likely N-dealkylation sites (tertiary alicyclic amines) is 1. The van der Waals surface area contributed by atoms with Gasteiger partial charge in [-0.15, -0.1) is 0 Å². The van der Waals surface area contributed by atoms with Gasteiger partial charge in [0.15, 0.2) is 0 Å². The van der Waals surface area contributed by atoms with E-state index >= 15 is 0 Å². The first-order valence-electron chi connectivity index (χ1n) is 6.87. The SMILES string of the molecule is CN(C)CCOc1ccc(CN2CC(S)CC2=O)cc1. The van der Waals surface area contributed by atoms with Crippen molar-refractivity contribution in [3.05, 3.63) is 29.8 Å². The van der Waals surface area contributed by atoms with Gasteiger partial charge < -0.3 is 14.5 Å². The molecule has 0 bridgehead atoms. The summed E-state index contributed by atoms with van der Waals surface area (Å²) < 4.78 is 5.65. The van der Waals surface area contributed by atoms with Crippen LogP contribution in [0.4, 0.5) is 0 Å². The number of hydrogen-bond acceptors (Lipinski definition) is 4. The minimum atomic E-state index is 0.177. The van der Waals surface area contributed by atoms with E-state index < -0.39 is 0 Å². The number of nitrogens with zero attached hydrogens (tertiary/aromatic N) is 2. The van der Waals surface area contributed by atoms with Crippen LogP contribution < -0.4 is 4.74 Å². The monoisotopic (exact) mass is 294 g/mol. The minimum absolute atomic E-state index is 0.177. The van der Waals surface area contributed by atoms with Crippen LogP contribution in [0.1, 0.15) is 12.0 Å². The van der Waals surface area contributed by atoms with Crippen molar-refractivity contribution in [2.24, 2.45) is 0 Å². The fraction of sp³-hybridized carbons (Fsp3) is 0.533. The molecule has 0 radical (unpaired) electrons. The third-order valence-corrected chi connectivity index (χ3v) is 3.64. The van der Waals surface area contributed by atoms with Gasteiger partial charge in [-0.2, -0.15) is 12.6 Å².